The molecule has 3 heterocycles. The standard InChI is InChI=1S/C38H56ClN5O5S2/c1-3-31-32(27-40)36(41-28(2)35(31)37(45)46)44-25-24-43(38(47)42-51(48,49)34-22-21-33(39)50-34)23-17-15-13-11-9-7-5-4-6-8-10-12-14-16-18-29-19-20-30(44)26-29/h21-22,29-30H,3-20,23-26H2,1-2H3,(H,42,47)(H,45,46)/t29?,30-/m0/s1. The highest BCUT2D eigenvalue weighted by molar-refractivity contribution is 7.92. The number of nitrogens with zero attached hydrogens (tertiary/aromatic N) is 4. The number of carbonyl (C=O) groups excluding carboxylic acids is 1. The van der Waals surface area contributed by atoms with E-state index in [0.717, 1.165) is 62.7 Å². The van der Waals surface area contributed by atoms with E-state index in [9.17, 15) is 28.4 Å². The van der Waals surface area contributed by atoms with Gasteiger partial charge in [-0.2, -0.15) is 5.26 Å². The van der Waals surface area contributed by atoms with Crippen molar-refractivity contribution >= 4 is 50.8 Å². The maximum absolute atomic E-state index is 13.7. The number of pyridine rings is 1. The zero-order valence-electron chi connectivity index (χ0n) is 30.4. The summed E-state index contributed by atoms with van der Waals surface area (Å²) in [5, 5.41) is 20.4. The Morgan fingerprint density at radius 2 is 1.55 bits per heavy atom. The van der Waals surface area contributed by atoms with Crippen LogP contribution in [0.15, 0.2) is 16.3 Å². The Balaban J connectivity index is 1.63. The molecule has 2 bridgehead atoms. The zero-order valence-corrected chi connectivity index (χ0v) is 32.8. The SMILES string of the molecule is CCc1c(C#N)c(N2CCN(C(=O)NS(=O)(=O)c3ccc(Cl)s3)CCCCCCCCCCCCCCCCC3CC[C@H]2C3)nc(C)c1C(=O)O. The Labute approximate surface area is 314 Å². The number of thiophene rings is 1. The van der Waals surface area contributed by atoms with Crippen molar-refractivity contribution in [2.75, 3.05) is 24.5 Å². The molecule has 1 aliphatic carbocycles. The van der Waals surface area contributed by atoms with Gasteiger partial charge in [0.15, 0.2) is 0 Å². The predicted molar refractivity (Wildman–Crippen MR) is 204 cm³/mol. The summed E-state index contributed by atoms with van der Waals surface area (Å²) >= 11 is 6.91. The summed E-state index contributed by atoms with van der Waals surface area (Å²) < 4.78 is 28.9. The summed E-state index contributed by atoms with van der Waals surface area (Å²) in [4.78, 5) is 34.4. The molecule has 0 aromatic carbocycles. The van der Waals surface area contributed by atoms with E-state index in [1.54, 1.807) is 11.8 Å². The van der Waals surface area contributed by atoms with Gasteiger partial charge in [-0.15, -0.1) is 11.3 Å². The topological polar surface area (TPSA) is 144 Å². The molecule has 1 saturated heterocycles. The van der Waals surface area contributed by atoms with Crippen LogP contribution >= 0.6 is 22.9 Å². The summed E-state index contributed by atoms with van der Waals surface area (Å²) in [5.41, 5.74) is 1.14. The molecular formula is C38H56ClN5O5S2. The van der Waals surface area contributed by atoms with Gasteiger partial charge in [0.2, 0.25) is 0 Å². The van der Waals surface area contributed by atoms with Crippen LogP contribution in [0.5, 0.6) is 0 Å². The third-order valence-corrected chi connectivity index (χ3v) is 13.6. The lowest BCUT2D eigenvalue weighted by atomic mass is 9.97. The van der Waals surface area contributed by atoms with Crippen molar-refractivity contribution in [3.05, 3.63) is 38.9 Å². The number of aromatic nitrogens is 1. The lowest BCUT2D eigenvalue weighted by Crippen LogP contribution is -2.48. The Kier molecular flexibility index (Phi) is 16.3. The van der Waals surface area contributed by atoms with Gasteiger partial charge in [0.25, 0.3) is 10.0 Å². The normalized spacial score (nSPS) is 21.1. The van der Waals surface area contributed by atoms with Gasteiger partial charge in [-0.3, -0.25) is 0 Å². The highest BCUT2D eigenvalue weighted by atomic mass is 35.5. The molecule has 51 heavy (non-hydrogen) atoms. The Bertz CT molecular complexity index is 1610. The first-order valence-electron chi connectivity index (χ1n) is 19.1. The minimum Gasteiger partial charge on any atom is -0.478 e. The largest absolute Gasteiger partial charge is 0.478 e. The number of hydrogen-bond acceptors (Lipinski definition) is 8. The quantitative estimate of drug-likeness (QED) is 0.307. The van der Waals surface area contributed by atoms with Crippen LogP contribution < -0.4 is 9.62 Å². The molecule has 10 nitrogen and oxygen atoms in total. The second-order valence-corrected chi connectivity index (χ2v) is 17.9. The molecule has 4 rings (SSSR count). The van der Waals surface area contributed by atoms with Crippen molar-refractivity contribution < 1.29 is 23.1 Å². The van der Waals surface area contributed by atoms with Gasteiger partial charge in [0.1, 0.15) is 16.1 Å². The van der Waals surface area contributed by atoms with Crippen LogP contribution in [0.4, 0.5) is 10.6 Å². The van der Waals surface area contributed by atoms with Crippen molar-refractivity contribution in [2.24, 2.45) is 5.92 Å². The highest BCUT2D eigenvalue weighted by Gasteiger charge is 2.34. The Morgan fingerprint density at radius 1 is 0.941 bits per heavy atom. The van der Waals surface area contributed by atoms with E-state index in [1.165, 1.54) is 76.3 Å². The molecule has 1 unspecified atom stereocenters. The van der Waals surface area contributed by atoms with E-state index >= 15 is 0 Å². The van der Waals surface area contributed by atoms with Crippen LogP contribution in [0.25, 0.3) is 0 Å². The predicted octanol–water partition coefficient (Wildman–Crippen LogP) is 9.48. The van der Waals surface area contributed by atoms with Crippen molar-refractivity contribution in [1.82, 2.24) is 14.6 Å². The van der Waals surface area contributed by atoms with Gasteiger partial charge in [0.05, 0.1) is 21.2 Å². The minimum atomic E-state index is -4.12. The number of hydrogen-bond donors (Lipinski definition) is 2. The average Bonchev–Trinajstić information content (AvgIpc) is 3.75. The monoisotopic (exact) mass is 761 g/mol. The number of nitriles is 1. The van der Waals surface area contributed by atoms with Crippen LogP contribution in [0, 0.1) is 24.2 Å². The number of nitrogens with one attached hydrogen (secondary N) is 1. The third-order valence-electron chi connectivity index (χ3n) is 10.6. The minimum absolute atomic E-state index is 0.0289. The summed E-state index contributed by atoms with van der Waals surface area (Å²) in [5.74, 6) is -0.115. The maximum atomic E-state index is 13.7. The molecule has 13 heteroatoms. The number of aryl methyl sites for hydroxylation is 1. The second-order valence-electron chi connectivity index (χ2n) is 14.2. The van der Waals surface area contributed by atoms with Gasteiger partial charge in [-0.1, -0.05) is 108 Å². The van der Waals surface area contributed by atoms with Crippen molar-refractivity contribution in [1.29, 1.82) is 5.26 Å². The number of anilines is 1. The number of sulfonamides is 1. The van der Waals surface area contributed by atoms with Crippen molar-refractivity contribution in [2.45, 2.75) is 146 Å². The fourth-order valence-corrected chi connectivity index (χ4v) is 10.3. The number of fused-ring (bicyclic) bond motifs is 2. The first kappa shape index (κ1) is 40.9. The van der Waals surface area contributed by atoms with E-state index in [1.807, 2.05) is 6.92 Å². The van der Waals surface area contributed by atoms with E-state index in [-0.39, 0.29) is 27.9 Å². The number of carbonyl (C=O) groups is 2. The number of urea groups is 1. The summed E-state index contributed by atoms with van der Waals surface area (Å²) in [6.45, 7) is 4.43. The first-order chi connectivity index (χ1) is 24.6. The maximum Gasteiger partial charge on any atom is 0.337 e. The molecule has 282 valence electrons. The van der Waals surface area contributed by atoms with E-state index in [4.69, 9.17) is 16.6 Å². The molecule has 0 radical (unpaired) electrons. The molecular weight excluding hydrogens is 706 g/mol. The molecule has 0 spiro atoms. The fourth-order valence-electron chi connectivity index (χ4n) is 7.84. The van der Waals surface area contributed by atoms with Crippen molar-refractivity contribution in [3.8, 4) is 6.07 Å². The molecule has 2 N–H and O–H groups in total. The number of halogens is 1. The fraction of sp³-hybridized carbons (Fsp3) is 0.684. The van der Waals surface area contributed by atoms with Gasteiger partial charge in [0, 0.05) is 25.7 Å². The second kappa shape index (κ2) is 20.4. The lowest BCUT2D eigenvalue weighted by Gasteiger charge is -2.34. The van der Waals surface area contributed by atoms with Crippen LogP contribution in [-0.2, 0) is 16.4 Å². The molecule has 2 aromatic rings. The van der Waals surface area contributed by atoms with Crippen LogP contribution in [0.3, 0.4) is 0 Å². The first-order valence-corrected chi connectivity index (χ1v) is 21.7. The van der Waals surface area contributed by atoms with E-state index < -0.39 is 22.0 Å². The van der Waals surface area contributed by atoms with Gasteiger partial charge >= 0.3 is 12.0 Å². The average molecular weight is 762 g/mol. The van der Waals surface area contributed by atoms with Crippen molar-refractivity contribution in [3.63, 3.8) is 0 Å². The molecule has 1 aliphatic heterocycles. The molecule has 1 saturated carbocycles. The number of rotatable bonds is 5. The number of carboxylic acids is 1. The number of carboxylic acid groups (broad SMARTS) is 1. The Morgan fingerprint density at radius 3 is 2.10 bits per heavy atom. The summed E-state index contributed by atoms with van der Waals surface area (Å²) in [6.07, 6.45) is 21.0. The van der Waals surface area contributed by atoms with Gasteiger partial charge in [-0.05, 0) is 62.6 Å². The summed E-state index contributed by atoms with van der Waals surface area (Å²) in [7, 11) is -4.12. The van der Waals surface area contributed by atoms with E-state index in [2.05, 4.69) is 15.7 Å². The highest BCUT2D eigenvalue weighted by Crippen LogP contribution is 2.37. The van der Waals surface area contributed by atoms with Crippen LogP contribution in [0.1, 0.15) is 150 Å². The molecule has 2 amide bonds. The molecule has 2 aromatic heterocycles. The van der Waals surface area contributed by atoms with Crippen LogP contribution in [0.2, 0.25) is 4.34 Å². The van der Waals surface area contributed by atoms with Crippen LogP contribution in [-0.4, -0.2) is 61.1 Å². The lowest BCUT2D eigenvalue weighted by molar-refractivity contribution is 0.0694. The number of amides is 2. The molecule has 2 aliphatic rings. The molecule has 2 atom stereocenters. The summed E-state index contributed by atoms with van der Waals surface area (Å²) in [6, 6.07) is 4.52. The van der Waals surface area contributed by atoms with Gasteiger partial charge < -0.3 is 14.9 Å². The zero-order chi connectivity index (χ0) is 36.8. The Hall–Kier alpha value is -2.88. The smallest absolute Gasteiger partial charge is 0.337 e. The molecule has 2 fully saturated rings. The third kappa shape index (κ3) is 11.8. The number of aromatic carboxylic acids is 1. The van der Waals surface area contributed by atoms with Gasteiger partial charge in [-0.25, -0.2) is 27.7 Å². The van der Waals surface area contributed by atoms with E-state index in [0.29, 0.717) is 46.8 Å².